The number of nitrogens with one attached hydrogen (secondary N) is 2. The van der Waals surface area contributed by atoms with Gasteiger partial charge in [0.25, 0.3) is 0 Å². The lowest BCUT2D eigenvalue weighted by Gasteiger charge is -2.32. The molecule has 0 saturated carbocycles. The Bertz CT molecular complexity index is 1940. The molecule has 200 valence electrons. The van der Waals surface area contributed by atoms with Crippen LogP contribution >= 0.6 is 0 Å². The minimum Gasteiger partial charge on any atom is -0.350 e. The molecule has 7 rings (SSSR count). The number of nitriles is 1. The van der Waals surface area contributed by atoms with Gasteiger partial charge in [0, 0.05) is 5.56 Å². The average Bonchev–Trinajstić information content (AvgIpc) is 3.08. The molecule has 4 heteroatoms. The summed E-state index contributed by atoms with van der Waals surface area (Å²) in [6.07, 6.45) is -0.276. The summed E-state index contributed by atoms with van der Waals surface area (Å²) in [6.45, 7) is 0. The van der Waals surface area contributed by atoms with Gasteiger partial charge >= 0.3 is 0 Å². The van der Waals surface area contributed by atoms with E-state index < -0.39 is 0 Å². The van der Waals surface area contributed by atoms with E-state index in [-0.39, 0.29) is 12.3 Å². The summed E-state index contributed by atoms with van der Waals surface area (Å²) in [6, 6.07) is 52.4. The molecule has 2 atom stereocenters. The van der Waals surface area contributed by atoms with Crippen molar-refractivity contribution in [3.05, 3.63) is 168 Å². The summed E-state index contributed by atoms with van der Waals surface area (Å²) in [4.78, 5) is 5.11. The van der Waals surface area contributed by atoms with Gasteiger partial charge in [-0.3, -0.25) is 5.32 Å². The van der Waals surface area contributed by atoms with Crippen LogP contribution < -0.4 is 10.6 Å². The quantitative estimate of drug-likeness (QED) is 0.231. The third kappa shape index (κ3) is 5.17. The van der Waals surface area contributed by atoms with Crippen LogP contribution in [0.15, 0.2) is 151 Å². The molecule has 1 aliphatic heterocycles. The van der Waals surface area contributed by atoms with Gasteiger partial charge in [-0.2, -0.15) is 5.26 Å². The second-order valence-electron chi connectivity index (χ2n) is 10.5. The highest BCUT2D eigenvalue weighted by atomic mass is 15.3. The number of benzene rings is 6. The fraction of sp³-hybridized carbons (Fsp3) is 0.0526. The van der Waals surface area contributed by atoms with Crippen LogP contribution in [0.5, 0.6) is 0 Å². The summed E-state index contributed by atoms with van der Waals surface area (Å²) in [7, 11) is 0. The van der Waals surface area contributed by atoms with Gasteiger partial charge < -0.3 is 5.32 Å². The predicted molar refractivity (Wildman–Crippen MR) is 171 cm³/mol. The van der Waals surface area contributed by atoms with Crippen molar-refractivity contribution in [1.82, 2.24) is 10.6 Å². The lowest BCUT2D eigenvalue weighted by molar-refractivity contribution is 0.409. The van der Waals surface area contributed by atoms with E-state index in [1.54, 1.807) is 0 Å². The Kier molecular flexibility index (Phi) is 6.77. The molecule has 0 bridgehead atoms. The van der Waals surface area contributed by atoms with Gasteiger partial charge in [-0.15, -0.1) is 0 Å². The zero-order valence-corrected chi connectivity index (χ0v) is 22.9. The standard InChI is InChI=1S/C38H28N4/c39-25-26-8-7-13-32(22-26)27-14-16-28(17-15-27)33-20-18-29-19-21-34(24-35(29)23-33)38-41-36(30-9-3-1-4-10-30)40-37(42-38)31-11-5-2-6-12-31/h1-24,36,38,41H,(H,40,42). The molecule has 2 unspecified atom stereocenters. The second-order valence-corrected chi connectivity index (χ2v) is 10.5. The number of aliphatic imine (C=N–C) groups is 1. The molecule has 0 radical (unpaired) electrons. The SMILES string of the molecule is N#Cc1cccc(-c2ccc(-c3ccc4ccc(C5N=C(c6ccccc6)NC(c6ccccc6)N5)cc4c3)cc2)c1. The van der Waals surface area contributed by atoms with Crippen molar-refractivity contribution in [1.29, 1.82) is 5.26 Å². The Balaban J connectivity index is 1.22. The average molecular weight is 541 g/mol. The number of rotatable bonds is 5. The largest absolute Gasteiger partial charge is 0.350 e. The summed E-state index contributed by atoms with van der Waals surface area (Å²) in [5.41, 5.74) is 8.46. The maximum absolute atomic E-state index is 9.26. The Hall–Kier alpha value is -5.50. The van der Waals surface area contributed by atoms with Crippen molar-refractivity contribution in [2.24, 2.45) is 4.99 Å². The first kappa shape index (κ1) is 25.5. The maximum Gasteiger partial charge on any atom is 0.131 e. The van der Waals surface area contributed by atoms with Crippen LogP contribution in [0.2, 0.25) is 0 Å². The van der Waals surface area contributed by atoms with Crippen molar-refractivity contribution < 1.29 is 0 Å². The Morgan fingerprint density at radius 3 is 1.90 bits per heavy atom. The van der Waals surface area contributed by atoms with Gasteiger partial charge in [-0.05, 0) is 68.4 Å². The molecule has 0 spiro atoms. The Morgan fingerprint density at radius 1 is 0.524 bits per heavy atom. The molecular formula is C38H28N4. The summed E-state index contributed by atoms with van der Waals surface area (Å²) >= 11 is 0. The molecule has 42 heavy (non-hydrogen) atoms. The summed E-state index contributed by atoms with van der Waals surface area (Å²) < 4.78 is 0. The Labute approximate surface area is 245 Å². The van der Waals surface area contributed by atoms with E-state index in [1.165, 1.54) is 10.8 Å². The lowest BCUT2D eigenvalue weighted by Crippen LogP contribution is -2.44. The predicted octanol–water partition coefficient (Wildman–Crippen LogP) is 8.38. The molecule has 6 aromatic rings. The topological polar surface area (TPSA) is 60.2 Å². The molecule has 1 aliphatic rings. The maximum atomic E-state index is 9.26. The molecular weight excluding hydrogens is 512 g/mol. The zero-order chi connectivity index (χ0) is 28.3. The van der Waals surface area contributed by atoms with Gasteiger partial charge in [0.1, 0.15) is 18.2 Å². The number of hydrogen-bond donors (Lipinski definition) is 2. The fourth-order valence-corrected chi connectivity index (χ4v) is 5.53. The van der Waals surface area contributed by atoms with E-state index in [0.29, 0.717) is 5.56 Å². The van der Waals surface area contributed by atoms with Crippen LogP contribution in [-0.4, -0.2) is 5.84 Å². The third-order valence-corrected chi connectivity index (χ3v) is 7.77. The van der Waals surface area contributed by atoms with Gasteiger partial charge in [-0.25, -0.2) is 4.99 Å². The van der Waals surface area contributed by atoms with E-state index in [2.05, 4.69) is 114 Å². The van der Waals surface area contributed by atoms with E-state index in [1.807, 2.05) is 48.5 Å². The van der Waals surface area contributed by atoms with Crippen molar-refractivity contribution in [3.8, 4) is 28.3 Å². The molecule has 0 aromatic heterocycles. The van der Waals surface area contributed by atoms with Crippen LogP contribution in [0.3, 0.4) is 0 Å². The van der Waals surface area contributed by atoms with Gasteiger partial charge in [-0.1, -0.05) is 121 Å². The van der Waals surface area contributed by atoms with E-state index >= 15 is 0 Å². The van der Waals surface area contributed by atoms with Gasteiger partial charge in [0.2, 0.25) is 0 Å². The molecule has 1 heterocycles. The van der Waals surface area contributed by atoms with Gasteiger partial charge in [0.05, 0.1) is 11.6 Å². The van der Waals surface area contributed by atoms with Gasteiger partial charge in [0.15, 0.2) is 0 Å². The van der Waals surface area contributed by atoms with E-state index in [9.17, 15) is 5.26 Å². The number of hydrogen-bond acceptors (Lipinski definition) is 4. The first-order chi connectivity index (χ1) is 20.7. The zero-order valence-electron chi connectivity index (χ0n) is 22.9. The van der Waals surface area contributed by atoms with Crippen LogP contribution in [0.1, 0.15) is 34.6 Å². The minimum atomic E-state index is -0.205. The smallest absolute Gasteiger partial charge is 0.131 e. The normalized spacial score (nSPS) is 16.3. The molecule has 0 amide bonds. The second kappa shape index (κ2) is 11.2. The van der Waals surface area contributed by atoms with Crippen molar-refractivity contribution in [2.75, 3.05) is 0 Å². The van der Waals surface area contributed by atoms with Crippen LogP contribution in [0.25, 0.3) is 33.0 Å². The minimum absolute atomic E-state index is 0.0710. The van der Waals surface area contributed by atoms with Crippen LogP contribution in [0.4, 0.5) is 0 Å². The molecule has 0 fully saturated rings. The molecule has 4 nitrogen and oxygen atoms in total. The van der Waals surface area contributed by atoms with E-state index in [0.717, 1.165) is 44.8 Å². The molecule has 0 saturated heterocycles. The number of fused-ring (bicyclic) bond motifs is 1. The Morgan fingerprint density at radius 2 is 1.17 bits per heavy atom. The highest BCUT2D eigenvalue weighted by molar-refractivity contribution is 5.99. The summed E-state index contributed by atoms with van der Waals surface area (Å²) in [5.74, 6) is 0.877. The molecule has 6 aromatic carbocycles. The van der Waals surface area contributed by atoms with Crippen molar-refractivity contribution >= 4 is 16.6 Å². The highest BCUT2D eigenvalue weighted by Crippen LogP contribution is 2.31. The van der Waals surface area contributed by atoms with E-state index in [4.69, 9.17) is 4.99 Å². The van der Waals surface area contributed by atoms with Crippen LogP contribution in [0, 0.1) is 11.3 Å². The van der Waals surface area contributed by atoms with Crippen molar-refractivity contribution in [2.45, 2.75) is 12.3 Å². The number of nitrogens with zero attached hydrogens (tertiary/aromatic N) is 2. The molecule has 0 aliphatic carbocycles. The first-order valence-electron chi connectivity index (χ1n) is 14.1. The monoisotopic (exact) mass is 540 g/mol. The highest BCUT2D eigenvalue weighted by Gasteiger charge is 2.25. The first-order valence-corrected chi connectivity index (χ1v) is 14.1. The fourth-order valence-electron chi connectivity index (χ4n) is 5.53. The van der Waals surface area contributed by atoms with Crippen LogP contribution in [-0.2, 0) is 0 Å². The van der Waals surface area contributed by atoms with Crippen molar-refractivity contribution in [3.63, 3.8) is 0 Å². The summed E-state index contributed by atoms with van der Waals surface area (Å²) in [5, 5.41) is 18.9. The third-order valence-electron chi connectivity index (χ3n) is 7.77. The molecule has 2 N–H and O–H groups in total. The number of amidine groups is 1. The lowest BCUT2D eigenvalue weighted by atomic mass is 9.96.